The fraction of sp³-hybridized carbons (Fsp3) is 0.412. The van der Waals surface area contributed by atoms with Crippen molar-refractivity contribution in [2.75, 3.05) is 25.4 Å². The first-order valence-corrected chi connectivity index (χ1v) is 8.99. The Labute approximate surface area is 156 Å². The molecular weight excluding hydrogens is 362 g/mol. The molecule has 1 rings (SSSR count). The van der Waals surface area contributed by atoms with Gasteiger partial charge in [-0.05, 0) is 24.3 Å². The number of rotatable bonds is 10. The summed E-state index contributed by atoms with van der Waals surface area (Å²) in [4.78, 5) is 26.1. The first kappa shape index (κ1) is 20.8. The van der Waals surface area contributed by atoms with Crippen LogP contribution in [0.2, 0.25) is 5.02 Å². The standard InChI is InChI=1S/C17H18ClN3O3S/c18-14-3-5-15(6-4-14)25-12-7-17(23)24-13-16(22)21(10-1-8-19)11-2-9-20/h3-6H,1-2,7,10-13H2. The van der Waals surface area contributed by atoms with E-state index in [1.807, 2.05) is 24.3 Å². The first-order chi connectivity index (χ1) is 12.1. The number of benzene rings is 1. The maximum Gasteiger partial charge on any atom is 0.307 e. The number of halogens is 1. The fourth-order valence-electron chi connectivity index (χ4n) is 1.82. The summed E-state index contributed by atoms with van der Waals surface area (Å²) >= 11 is 7.29. The minimum absolute atomic E-state index is 0.169. The SMILES string of the molecule is N#CCCN(CCC#N)C(=O)COC(=O)CCSc1ccc(Cl)cc1. The molecule has 0 spiro atoms. The Bertz CT molecular complexity index is 635. The zero-order valence-electron chi connectivity index (χ0n) is 13.6. The van der Waals surface area contributed by atoms with Crippen molar-refractivity contribution in [1.29, 1.82) is 10.5 Å². The Morgan fingerprint density at radius 3 is 2.28 bits per heavy atom. The number of amides is 1. The fourth-order valence-corrected chi connectivity index (χ4v) is 2.78. The Kier molecular flexibility index (Phi) is 10.2. The number of nitriles is 2. The average molecular weight is 380 g/mol. The molecule has 0 atom stereocenters. The summed E-state index contributed by atoms with van der Waals surface area (Å²) in [5, 5.41) is 17.8. The third-order valence-electron chi connectivity index (χ3n) is 3.08. The van der Waals surface area contributed by atoms with E-state index in [0.29, 0.717) is 10.8 Å². The molecule has 0 aliphatic heterocycles. The van der Waals surface area contributed by atoms with Crippen LogP contribution in [0.25, 0.3) is 0 Å². The van der Waals surface area contributed by atoms with Gasteiger partial charge in [0.15, 0.2) is 6.61 Å². The van der Waals surface area contributed by atoms with Crippen LogP contribution < -0.4 is 0 Å². The van der Waals surface area contributed by atoms with Gasteiger partial charge in [-0.25, -0.2) is 0 Å². The second kappa shape index (κ2) is 12.2. The number of carbonyl (C=O) groups excluding carboxylic acids is 2. The Morgan fingerprint density at radius 1 is 1.12 bits per heavy atom. The summed E-state index contributed by atoms with van der Waals surface area (Å²) in [5.74, 6) is -0.333. The van der Waals surface area contributed by atoms with Crippen LogP contribution in [0.15, 0.2) is 29.2 Å². The Hall–Kier alpha value is -2.22. The molecule has 0 bridgehead atoms. The van der Waals surface area contributed by atoms with Gasteiger partial charge in [-0.2, -0.15) is 10.5 Å². The predicted octanol–water partition coefficient (Wildman–Crippen LogP) is 3.02. The molecule has 132 valence electrons. The largest absolute Gasteiger partial charge is 0.456 e. The lowest BCUT2D eigenvalue weighted by molar-refractivity contribution is -0.151. The minimum atomic E-state index is -0.463. The van der Waals surface area contributed by atoms with Crippen LogP contribution in [0.1, 0.15) is 19.3 Å². The quantitative estimate of drug-likeness (QED) is 0.458. The Morgan fingerprint density at radius 2 is 1.72 bits per heavy atom. The first-order valence-electron chi connectivity index (χ1n) is 7.62. The van der Waals surface area contributed by atoms with Crippen molar-refractivity contribution in [3.8, 4) is 12.1 Å². The molecule has 0 heterocycles. The van der Waals surface area contributed by atoms with Crippen molar-refractivity contribution >= 4 is 35.2 Å². The van der Waals surface area contributed by atoms with Gasteiger partial charge in [-0.1, -0.05) is 11.6 Å². The van der Waals surface area contributed by atoms with Gasteiger partial charge in [0, 0.05) is 28.8 Å². The van der Waals surface area contributed by atoms with Gasteiger partial charge < -0.3 is 9.64 Å². The van der Waals surface area contributed by atoms with E-state index in [9.17, 15) is 9.59 Å². The molecule has 8 heteroatoms. The van der Waals surface area contributed by atoms with Crippen molar-refractivity contribution in [2.45, 2.75) is 24.2 Å². The summed E-state index contributed by atoms with van der Waals surface area (Å²) in [6.45, 7) is 0.0727. The van der Waals surface area contributed by atoms with Crippen LogP contribution in [0.4, 0.5) is 0 Å². The van der Waals surface area contributed by atoms with E-state index in [4.69, 9.17) is 26.9 Å². The lowest BCUT2D eigenvalue weighted by Gasteiger charge is -2.20. The van der Waals surface area contributed by atoms with E-state index in [0.717, 1.165) is 4.90 Å². The Balaban J connectivity index is 2.30. The monoisotopic (exact) mass is 379 g/mol. The molecule has 0 N–H and O–H groups in total. The number of thioether (sulfide) groups is 1. The lowest BCUT2D eigenvalue weighted by Crippen LogP contribution is -2.36. The van der Waals surface area contributed by atoms with Gasteiger partial charge in [0.05, 0.1) is 31.4 Å². The highest BCUT2D eigenvalue weighted by Crippen LogP contribution is 2.20. The minimum Gasteiger partial charge on any atom is -0.456 e. The summed E-state index contributed by atoms with van der Waals surface area (Å²) < 4.78 is 4.97. The van der Waals surface area contributed by atoms with Crippen LogP contribution in [0.5, 0.6) is 0 Å². The van der Waals surface area contributed by atoms with Gasteiger partial charge in [0.1, 0.15) is 0 Å². The highest BCUT2D eigenvalue weighted by molar-refractivity contribution is 7.99. The molecule has 0 aliphatic carbocycles. The van der Waals surface area contributed by atoms with Gasteiger partial charge in [0.2, 0.25) is 0 Å². The molecule has 0 radical (unpaired) electrons. The number of ether oxygens (including phenoxy) is 1. The number of nitrogens with zero attached hydrogens (tertiary/aromatic N) is 3. The van der Waals surface area contributed by atoms with Crippen molar-refractivity contribution in [2.24, 2.45) is 0 Å². The van der Waals surface area contributed by atoms with Crippen LogP contribution in [-0.2, 0) is 14.3 Å². The van der Waals surface area contributed by atoms with E-state index in [-0.39, 0.29) is 39.0 Å². The number of hydrogen-bond donors (Lipinski definition) is 0. The van der Waals surface area contributed by atoms with Gasteiger partial charge in [0.25, 0.3) is 5.91 Å². The van der Waals surface area contributed by atoms with Crippen LogP contribution in [0, 0.1) is 22.7 Å². The highest BCUT2D eigenvalue weighted by atomic mass is 35.5. The molecule has 1 aromatic carbocycles. The summed E-state index contributed by atoms with van der Waals surface area (Å²) in [5.41, 5.74) is 0. The molecule has 0 unspecified atom stereocenters. The van der Waals surface area contributed by atoms with E-state index in [1.165, 1.54) is 16.7 Å². The highest BCUT2D eigenvalue weighted by Gasteiger charge is 2.15. The third kappa shape index (κ3) is 8.99. The molecule has 0 saturated heterocycles. The predicted molar refractivity (Wildman–Crippen MR) is 94.8 cm³/mol. The molecule has 0 aliphatic rings. The topological polar surface area (TPSA) is 94.2 Å². The molecule has 1 amide bonds. The number of hydrogen-bond acceptors (Lipinski definition) is 6. The lowest BCUT2D eigenvalue weighted by atomic mass is 10.3. The van der Waals surface area contributed by atoms with Gasteiger partial charge >= 0.3 is 5.97 Å². The van der Waals surface area contributed by atoms with E-state index < -0.39 is 11.9 Å². The van der Waals surface area contributed by atoms with Crippen molar-refractivity contribution in [3.05, 3.63) is 29.3 Å². The zero-order chi connectivity index (χ0) is 18.5. The van der Waals surface area contributed by atoms with Gasteiger partial charge in [-0.3, -0.25) is 9.59 Å². The molecule has 6 nitrogen and oxygen atoms in total. The number of esters is 1. The normalized spacial score (nSPS) is 9.72. The van der Waals surface area contributed by atoms with E-state index in [2.05, 4.69) is 0 Å². The zero-order valence-corrected chi connectivity index (χ0v) is 15.2. The van der Waals surface area contributed by atoms with Crippen molar-refractivity contribution < 1.29 is 14.3 Å². The maximum absolute atomic E-state index is 12.0. The molecule has 0 aromatic heterocycles. The molecule has 0 fully saturated rings. The van der Waals surface area contributed by atoms with Crippen LogP contribution in [-0.4, -0.2) is 42.2 Å². The van der Waals surface area contributed by atoms with Crippen molar-refractivity contribution in [1.82, 2.24) is 4.90 Å². The van der Waals surface area contributed by atoms with Crippen LogP contribution >= 0.6 is 23.4 Å². The molecule has 1 aromatic rings. The van der Waals surface area contributed by atoms with E-state index in [1.54, 1.807) is 12.1 Å². The van der Waals surface area contributed by atoms with Gasteiger partial charge in [-0.15, -0.1) is 11.8 Å². The second-order valence-corrected chi connectivity index (χ2v) is 6.51. The smallest absolute Gasteiger partial charge is 0.307 e. The summed E-state index contributed by atoms with van der Waals surface area (Å²) in [6.07, 6.45) is 0.517. The molecular formula is C17H18ClN3O3S. The van der Waals surface area contributed by atoms with Crippen LogP contribution in [0.3, 0.4) is 0 Å². The third-order valence-corrected chi connectivity index (χ3v) is 4.35. The van der Waals surface area contributed by atoms with Crippen molar-refractivity contribution in [3.63, 3.8) is 0 Å². The molecule has 0 saturated carbocycles. The molecule has 25 heavy (non-hydrogen) atoms. The second-order valence-electron chi connectivity index (χ2n) is 4.91. The summed E-state index contributed by atoms with van der Waals surface area (Å²) in [6, 6.07) is 11.2. The summed E-state index contributed by atoms with van der Waals surface area (Å²) in [7, 11) is 0. The number of carbonyl (C=O) groups is 2. The maximum atomic E-state index is 12.0. The average Bonchev–Trinajstić information content (AvgIpc) is 2.61. The van der Waals surface area contributed by atoms with E-state index >= 15 is 0 Å².